The minimum atomic E-state index is -2.78. The highest BCUT2D eigenvalue weighted by Gasteiger charge is 2.19. The number of alkyl halides is 3. The van der Waals surface area contributed by atoms with Crippen molar-refractivity contribution in [3.63, 3.8) is 0 Å². The van der Waals surface area contributed by atoms with Crippen LogP contribution in [0.1, 0.15) is 23.2 Å². The Hall–Kier alpha value is -0.750. The summed E-state index contributed by atoms with van der Waals surface area (Å²) in [5, 5.41) is 0.377. The van der Waals surface area contributed by atoms with Gasteiger partial charge in [-0.05, 0) is 11.6 Å². The van der Waals surface area contributed by atoms with Gasteiger partial charge in [-0.15, -0.1) is 0 Å². The lowest BCUT2D eigenvalue weighted by Crippen LogP contribution is -2.09. The number of nitrogens with zero attached hydrogens (tertiary/aromatic N) is 1. The molecule has 0 fully saturated rings. The van der Waals surface area contributed by atoms with Crippen molar-refractivity contribution < 1.29 is 18.3 Å². The molecule has 7 heteroatoms. The summed E-state index contributed by atoms with van der Waals surface area (Å²) in [4.78, 5) is 14.7. The number of carbonyl (C=O) groups is 1. The van der Waals surface area contributed by atoms with Crippen LogP contribution in [0.3, 0.4) is 0 Å². The van der Waals surface area contributed by atoms with E-state index < -0.39 is 18.1 Å². The number of carbonyl (C=O) groups excluding carboxylic acids is 1. The van der Waals surface area contributed by atoms with Crippen molar-refractivity contribution in [2.24, 2.45) is 0 Å². The Kier molecular flexibility index (Phi) is 5.27. The minimum Gasteiger partial charge on any atom is -0.469 e. The lowest BCUT2D eigenvalue weighted by molar-refractivity contribution is -0.139. The van der Waals surface area contributed by atoms with Crippen LogP contribution in [0.5, 0.6) is 0 Å². The third-order valence-corrected chi connectivity index (χ3v) is 3.01. The Morgan fingerprint density at radius 1 is 1.59 bits per heavy atom. The Bertz CT molecular complexity index is 429. The van der Waals surface area contributed by atoms with Gasteiger partial charge >= 0.3 is 5.97 Å². The van der Waals surface area contributed by atoms with Crippen LogP contribution in [0.2, 0.25) is 5.15 Å². The average molecular weight is 329 g/mol. The minimum absolute atomic E-state index is 0.00536. The molecule has 0 atom stereocenters. The molecule has 94 valence electrons. The third kappa shape index (κ3) is 3.61. The van der Waals surface area contributed by atoms with Crippen molar-refractivity contribution >= 4 is 33.5 Å². The molecule has 1 aromatic rings. The van der Waals surface area contributed by atoms with Gasteiger partial charge in [-0.3, -0.25) is 4.79 Å². The predicted octanol–water partition coefficient (Wildman–Crippen LogP) is 3.28. The summed E-state index contributed by atoms with van der Waals surface area (Å²) in [6.45, 7) is 0. The van der Waals surface area contributed by atoms with Gasteiger partial charge in [-0.25, -0.2) is 13.8 Å². The molecule has 0 aromatic carbocycles. The van der Waals surface area contributed by atoms with Crippen molar-refractivity contribution in [1.82, 2.24) is 4.98 Å². The molecule has 17 heavy (non-hydrogen) atoms. The van der Waals surface area contributed by atoms with E-state index in [1.165, 1.54) is 13.2 Å². The van der Waals surface area contributed by atoms with Gasteiger partial charge in [-0.2, -0.15) is 0 Å². The van der Waals surface area contributed by atoms with Crippen molar-refractivity contribution in [2.75, 3.05) is 7.11 Å². The summed E-state index contributed by atoms with van der Waals surface area (Å²) in [7, 11) is 1.19. The molecule has 0 N–H and O–H groups in total. The van der Waals surface area contributed by atoms with Crippen LogP contribution in [-0.4, -0.2) is 18.1 Å². The Morgan fingerprint density at radius 2 is 2.24 bits per heavy atom. The molecule has 0 amide bonds. The highest BCUT2D eigenvalue weighted by atomic mass is 79.9. The lowest BCUT2D eigenvalue weighted by atomic mass is 10.1. The fourth-order valence-corrected chi connectivity index (χ4v) is 2.05. The zero-order chi connectivity index (χ0) is 13.0. The number of aromatic nitrogens is 1. The fourth-order valence-electron chi connectivity index (χ4n) is 1.25. The molecular formula is C10H9BrClF2NO2. The smallest absolute Gasteiger partial charge is 0.310 e. The van der Waals surface area contributed by atoms with Gasteiger partial charge in [0.2, 0.25) is 0 Å². The number of hydrogen-bond donors (Lipinski definition) is 0. The van der Waals surface area contributed by atoms with Gasteiger partial charge in [0.25, 0.3) is 6.43 Å². The molecule has 0 radical (unpaired) electrons. The fraction of sp³-hybridized carbons (Fsp3) is 0.400. The number of pyridine rings is 1. The lowest BCUT2D eigenvalue weighted by Gasteiger charge is -2.10. The van der Waals surface area contributed by atoms with Crippen molar-refractivity contribution in [1.29, 1.82) is 0 Å². The number of ether oxygens (including phenoxy) is 1. The molecule has 0 aliphatic heterocycles. The first-order valence-corrected chi connectivity index (χ1v) is 6.08. The average Bonchev–Trinajstić information content (AvgIpc) is 2.30. The van der Waals surface area contributed by atoms with Crippen LogP contribution < -0.4 is 0 Å². The van der Waals surface area contributed by atoms with Crippen molar-refractivity contribution in [3.8, 4) is 0 Å². The molecular weight excluding hydrogens is 319 g/mol. The van der Waals surface area contributed by atoms with Gasteiger partial charge in [0.05, 0.1) is 13.5 Å². The maximum Gasteiger partial charge on any atom is 0.310 e. The Morgan fingerprint density at radius 3 is 2.71 bits per heavy atom. The number of hydrogen-bond acceptors (Lipinski definition) is 3. The van der Waals surface area contributed by atoms with E-state index in [9.17, 15) is 13.6 Å². The summed E-state index contributed by atoms with van der Waals surface area (Å²) < 4.78 is 29.9. The van der Waals surface area contributed by atoms with Crippen LogP contribution in [0.15, 0.2) is 6.07 Å². The monoisotopic (exact) mass is 327 g/mol. The van der Waals surface area contributed by atoms with Crippen molar-refractivity contribution in [3.05, 3.63) is 28.0 Å². The maximum atomic E-state index is 12.7. The van der Waals surface area contributed by atoms with Crippen LogP contribution >= 0.6 is 27.5 Å². The summed E-state index contributed by atoms with van der Waals surface area (Å²) in [5.41, 5.74) is 0.200. The topological polar surface area (TPSA) is 39.2 Å². The highest BCUT2D eigenvalue weighted by Crippen LogP contribution is 2.27. The van der Waals surface area contributed by atoms with E-state index in [0.717, 1.165) is 0 Å². The van der Waals surface area contributed by atoms with Crippen LogP contribution in [0.25, 0.3) is 0 Å². The summed E-state index contributed by atoms with van der Waals surface area (Å²) >= 11 is 8.88. The first-order valence-electron chi connectivity index (χ1n) is 4.58. The van der Waals surface area contributed by atoms with Gasteiger partial charge in [0, 0.05) is 10.9 Å². The molecule has 0 saturated carbocycles. The van der Waals surface area contributed by atoms with Gasteiger partial charge < -0.3 is 4.74 Å². The van der Waals surface area contributed by atoms with Crippen LogP contribution in [0, 0.1) is 0 Å². The molecule has 0 bridgehead atoms. The molecule has 0 saturated heterocycles. The molecule has 1 rings (SSSR count). The maximum absolute atomic E-state index is 12.7. The van der Waals surface area contributed by atoms with E-state index in [2.05, 4.69) is 25.7 Å². The second kappa shape index (κ2) is 6.26. The third-order valence-electron chi connectivity index (χ3n) is 2.07. The molecule has 0 spiro atoms. The molecule has 0 aliphatic rings. The quantitative estimate of drug-likeness (QED) is 0.484. The van der Waals surface area contributed by atoms with Gasteiger partial charge in [0.15, 0.2) is 0 Å². The van der Waals surface area contributed by atoms with E-state index in [0.29, 0.717) is 10.9 Å². The van der Waals surface area contributed by atoms with E-state index in [1.807, 2.05) is 0 Å². The zero-order valence-corrected chi connectivity index (χ0v) is 11.2. The van der Waals surface area contributed by atoms with Gasteiger partial charge in [0.1, 0.15) is 10.8 Å². The van der Waals surface area contributed by atoms with E-state index in [1.54, 1.807) is 0 Å². The molecule has 1 aromatic heterocycles. The van der Waals surface area contributed by atoms with Crippen LogP contribution in [0.4, 0.5) is 8.78 Å². The second-order valence-corrected chi connectivity index (χ2v) is 4.09. The largest absolute Gasteiger partial charge is 0.469 e. The SMILES string of the molecule is COC(=O)Cc1cc(CBr)c(Cl)nc1C(F)F. The summed E-state index contributed by atoms with van der Waals surface area (Å²) in [5.74, 6) is -0.600. The predicted molar refractivity (Wildman–Crippen MR) is 62.6 cm³/mol. The molecule has 1 heterocycles. The van der Waals surface area contributed by atoms with E-state index >= 15 is 0 Å². The number of halogens is 4. The Labute approximate surface area is 110 Å². The standard InChI is InChI=1S/C10H9BrClF2NO2/c1-17-7(16)3-5-2-6(4-11)9(12)15-8(5)10(13)14/h2,10H,3-4H2,1H3. The van der Waals surface area contributed by atoms with E-state index in [-0.39, 0.29) is 17.1 Å². The highest BCUT2D eigenvalue weighted by molar-refractivity contribution is 9.08. The summed E-state index contributed by atoms with van der Waals surface area (Å²) in [6, 6.07) is 1.43. The molecule has 3 nitrogen and oxygen atoms in total. The van der Waals surface area contributed by atoms with Gasteiger partial charge in [-0.1, -0.05) is 27.5 Å². The number of rotatable bonds is 4. The Balaban J connectivity index is 3.19. The first-order chi connectivity index (χ1) is 7.99. The van der Waals surface area contributed by atoms with Crippen molar-refractivity contribution in [2.45, 2.75) is 18.2 Å². The first kappa shape index (κ1) is 14.3. The zero-order valence-electron chi connectivity index (χ0n) is 8.84. The summed E-state index contributed by atoms with van der Waals surface area (Å²) in [6.07, 6.45) is -3.03. The number of esters is 1. The molecule has 0 unspecified atom stereocenters. The van der Waals surface area contributed by atoms with Crippen LogP contribution in [-0.2, 0) is 21.3 Å². The molecule has 0 aliphatic carbocycles. The second-order valence-electron chi connectivity index (χ2n) is 3.17. The number of methoxy groups -OCH3 is 1. The normalized spacial score (nSPS) is 10.7. The van der Waals surface area contributed by atoms with E-state index in [4.69, 9.17) is 11.6 Å².